The maximum atomic E-state index is 11.3. The van der Waals surface area contributed by atoms with Gasteiger partial charge in [0.05, 0.1) is 35.4 Å². The molecule has 0 spiro atoms. The molecule has 1 aromatic heterocycles. The Morgan fingerprint density at radius 1 is 1.41 bits per heavy atom. The van der Waals surface area contributed by atoms with Crippen molar-refractivity contribution in [2.24, 2.45) is 0 Å². The van der Waals surface area contributed by atoms with Crippen molar-refractivity contribution in [2.75, 3.05) is 0 Å². The molecule has 0 fully saturated rings. The molecule has 116 valence electrons. The standard InChI is InChI=1S/C11H9N3O6S2/c1-7-11(12-2)6-13-14(7)8-3-9(21-20-19-15)5-10(4-8)22(16,17)18/h3-6,15H,1H3,(H,16,17,18). The van der Waals surface area contributed by atoms with Crippen LogP contribution in [0.15, 0.2) is 34.2 Å². The Hall–Kier alpha value is -1.94. The summed E-state index contributed by atoms with van der Waals surface area (Å²) in [5.41, 5.74) is 1.09. The molecule has 11 heteroatoms. The molecule has 0 amide bonds. The second kappa shape index (κ2) is 6.44. The Bertz CT molecular complexity index is 840. The minimum atomic E-state index is -4.47. The SMILES string of the molecule is [C-]#[N+]c1cnn(-c2cc(SOOO)cc(S(=O)(=O)O)c2)c1C. The van der Waals surface area contributed by atoms with E-state index in [9.17, 15) is 13.0 Å². The molecule has 0 saturated carbocycles. The highest BCUT2D eigenvalue weighted by Crippen LogP contribution is 2.28. The van der Waals surface area contributed by atoms with Gasteiger partial charge in [0.2, 0.25) is 5.69 Å². The third kappa shape index (κ3) is 3.45. The fraction of sp³-hybridized carbons (Fsp3) is 0.0909. The van der Waals surface area contributed by atoms with Gasteiger partial charge in [-0.1, -0.05) is 5.04 Å². The van der Waals surface area contributed by atoms with E-state index < -0.39 is 15.0 Å². The van der Waals surface area contributed by atoms with Crippen molar-refractivity contribution in [2.45, 2.75) is 16.7 Å². The minimum Gasteiger partial charge on any atom is -0.282 e. The lowest BCUT2D eigenvalue weighted by Gasteiger charge is -2.09. The van der Waals surface area contributed by atoms with Crippen LogP contribution < -0.4 is 0 Å². The lowest BCUT2D eigenvalue weighted by Crippen LogP contribution is -2.04. The van der Waals surface area contributed by atoms with Crippen molar-refractivity contribution in [3.05, 3.63) is 41.5 Å². The lowest BCUT2D eigenvalue weighted by atomic mass is 10.3. The first-order chi connectivity index (χ1) is 10.4. The molecule has 0 aliphatic carbocycles. The van der Waals surface area contributed by atoms with E-state index in [1.165, 1.54) is 23.0 Å². The monoisotopic (exact) mass is 343 g/mol. The van der Waals surface area contributed by atoms with Gasteiger partial charge in [-0.2, -0.15) is 13.5 Å². The third-order valence-electron chi connectivity index (χ3n) is 2.67. The lowest BCUT2D eigenvalue weighted by molar-refractivity contribution is -0.432. The van der Waals surface area contributed by atoms with Gasteiger partial charge >= 0.3 is 0 Å². The molecule has 9 nitrogen and oxygen atoms in total. The number of hydrogen-bond donors (Lipinski definition) is 2. The molecule has 2 aromatic rings. The summed E-state index contributed by atoms with van der Waals surface area (Å²) in [6.07, 6.45) is 1.34. The summed E-state index contributed by atoms with van der Waals surface area (Å²) in [5.74, 6) is 0. The van der Waals surface area contributed by atoms with E-state index >= 15 is 0 Å². The van der Waals surface area contributed by atoms with Gasteiger partial charge < -0.3 is 0 Å². The molecule has 0 aliphatic rings. The number of rotatable bonds is 5. The molecule has 2 rings (SSSR count). The van der Waals surface area contributed by atoms with Gasteiger partial charge in [0.15, 0.2) is 0 Å². The number of hydrogen-bond acceptors (Lipinski definition) is 7. The molecule has 2 N–H and O–H groups in total. The van der Waals surface area contributed by atoms with Gasteiger partial charge in [0, 0.05) is 10.6 Å². The van der Waals surface area contributed by atoms with Crippen LogP contribution in [-0.2, 0) is 19.5 Å². The topological polar surface area (TPSA) is 115 Å². The average Bonchev–Trinajstić information content (AvgIpc) is 2.84. The van der Waals surface area contributed by atoms with E-state index in [0.29, 0.717) is 23.4 Å². The zero-order chi connectivity index (χ0) is 16.3. The van der Waals surface area contributed by atoms with Gasteiger partial charge in [0.1, 0.15) is 0 Å². The first-order valence-corrected chi connectivity index (χ1v) is 7.75. The Kier molecular flexibility index (Phi) is 4.81. The van der Waals surface area contributed by atoms with E-state index in [1.54, 1.807) is 6.92 Å². The van der Waals surface area contributed by atoms with E-state index in [4.69, 9.17) is 11.8 Å². The largest absolute Gasteiger partial charge is 0.294 e. The Balaban J connectivity index is 2.59. The number of aromatic nitrogens is 2. The summed E-state index contributed by atoms with van der Waals surface area (Å²) < 4.78 is 37.5. The predicted octanol–water partition coefficient (Wildman–Crippen LogP) is 2.41. The van der Waals surface area contributed by atoms with Crippen LogP contribution in [0, 0.1) is 13.5 Å². The van der Waals surface area contributed by atoms with Crippen LogP contribution in [-0.4, -0.2) is 28.0 Å². The zero-order valence-electron chi connectivity index (χ0n) is 11.0. The molecule has 0 bridgehead atoms. The average molecular weight is 343 g/mol. The fourth-order valence-corrected chi connectivity index (χ4v) is 2.77. The van der Waals surface area contributed by atoms with E-state index in [1.807, 2.05) is 0 Å². The second-order valence-corrected chi connectivity index (χ2v) is 6.20. The van der Waals surface area contributed by atoms with E-state index in [0.717, 1.165) is 6.07 Å². The van der Waals surface area contributed by atoms with E-state index in [-0.39, 0.29) is 10.6 Å². The summed E-state index contributed by atoms with van der Waals surface area (Å²) in [5, 5.41) is 15.6. The van der Waals surface area contributed by atoms with Crippen molar-refractivity contribution < 1.29 is 27.6 Å². The second-order valence-electron chi connectivity index (χ2n) is 4.00. The molecular weight excluding hydrogens is 334 g/mol. The molecule has 0 aliphatic heterocycles. The molecule has 0 unspecified atom stereocenters. The summed E-state index contributed by atoms with van der Waals surface area (Å²) in [7, 11) is -4.47. The molecule has 0 atom stereocenters. The van der Waals surface area contributed by atoms with Crippen molar-refractivity contribution in [3.8, 4) is 5.69 Å². The maximum Gasteiger partial charge on any atom is 0.294 e. The van der Waals surface area contributed by atoms with Gasteiger partial charge in [-0.25, -0.2) is 14.8 Å². The highest BCUT2D eigenvalue weighted by atomic mass is 32.2. The number of benzene rings is 1. The quantitative estimate of drug-likeness (QED) is 0.280. The van der Waals surface area contributed by atoms with Crippen LogP contribution in [0.5, 0.6) is 0 Å². The van der Waals surface area contributed by atoms with Gasteiger partial charge in [-0.15, -0.1) is 4.33 Å². The van der Waals surface area contributed by atoms with Crippen LogP contribution in [0.25, 0.3) is 10.5 Å². The summed E-state index contributed by atoms with van der Waals surface area (Å²) in [6, 6.07) is 3.79. The molecule has 1 heterocycles. The van der Waals surface area contributed by atoms with Crippen molar-refractivity contribution >= 4 is 27.8 Å². The molecule has 1 aromatic carbocycles. The maximum absolute atomic E-state index is 11.3. The first kappa shape index (κ1) is 16.4. The van der Waals surface area contributed by atoms with Gasteiger partial charge in [-0.05, 0) is 25.1 Å². The van der Waals surface area contributed by atoms with Crippen molar-refractivity contribution in [3.63, 3.8) is 0 Å². The normalized spacial score (nSPS) is 11.4. The summed E-state index contributed by atoms with van der Waals surface area (Å²) >= 11 is 0.529. The zero-order valence-corrected chi connectivity index (χ0v) is 12.6. The Morgan fingerprint density at radius 3 is 2.68 bits per heavy atom. The number of nitrogens with zero attached hydrogens (tertiary/aromatic N) is 3. The molecule has 0 radical (unpaired) electrons. The van der Waals surface area contributed by atoms with Crippen LogP contribution in [0.1, 0.15) is 5.69 Å². The van der Waals surface area contributed by atoms with E-state index in [2.05, 4.69) is 19.3 Å². The van der Waals surface area contributed by atoms with Crippen LogP contribution in [0.2, 0.25) is 0 Å². The third-order valence-corrected chi connectivity index (χ3v) is 4.06. The fourth-order valence-electron chi connectivity index (χ4n) is 1.70. The van der Waals surface area contributed by atoms with Crippen molar-refractivity contribution in [1.29, 1.82) is 0 Å². The van der Waals surface area contributed by atoms with Gasteiger partial charge in [0.25, 0.3) is 10.1 Å². The Labute approximate surface area is 129 Å². The Morgan fingerprint density at radius 2 is 2.14 bits per heavy atom. The summed E-state index contributed by atoms with van der Waals surface area (Å²) in [6.45, 7) is 8.64. The van der Waals surface area contributed by atoms with Crippen LogP contribution in [0.4, 0.5) is 5.69 Å². The molecule has 22 heavy (non-hydrogen) atoms. The van der Waals surface area contributed by atoms with Gasteiger partial charge in [-0.3, -0.25) is 4.55 Å². The molecule has 0 saturated heterocycles. The highest BCUT2D eigenvalue weighted by molar-refractivity contribution is 7.94. The van der Waals surface area contributed by atoms with Crippen LogP contribution >= 0.6 is 12.0 Å². The van der Waals surface area contributed by atoms with Crippen molar-refractivity contribution in [1.82, 2.24) is 9.78 Å². The molecular formula is C11H9N3O6S2. The minimum absolute atomic E-state index is 0.221. The predicted molar refractivity (Wildman–Crippen MR) is 75.0 cm³/mol. The van der Waals surface area contributed by atoms with Crippen LogP contribution in [0.3, 0.4) is 0 Å². The smallest absolute Gasteiger partial charge is 0.282 e. The highest BCUT2D eigenvalue weighted by Gasteiger charge is 2.16. The first-order valence-electron chi connectivity index (χ1n) is 5.56. The summed E-state index contributed by atoms with van der Waals surface area (Å²) in [4.78, 5) is 3.10.